The van der Waals surface area contributed by atoms with Gasteiger partial charge < -0.3 is 15.5 Å². The highest BCUT2D eigenvalue weighted by Gasteiger charge is 2.12. The van der Waals surface area contributed by atoms with Crippen molar-refractivity contribution in [1.29, 1.82) is 0 Å². The van der Waals surface area contributed by atoms with Gasteiger partial charge in [0.25, 0.3) is 0 Å². The number of nitrogens with one attached hydrogen (secondary N) is 2. The molecule has 0 aromatic carbocycles. The highest BCUT2D eigenvalue weighted by Crippen LogP contribution is 2.16. The van der Waals surface area contributed by atoms with Gasteiger partial charge in [0.2, 0.25) is 0 Å². The van der Waals surface area contributed by atoms with Crippen LogP contribution >= 0.6 is 0 Å². The molecule has 1 fully saturated rings. The molecule has 0 bridgehead atoms. The number of rotatable bonds is 5. The molecular weight excluding hydrogens is 216 g/mol. The molecule has 94 valence electrons. The third kappa shape index (κ3) is 3.87. The maximum atomic E-state index is 5.67. The van der Waals surface area contributed by atoms with E-state index >= 15 is 0 Å². The fourth-order valence-corrected chi connectivity index (χ4v) is 2.01. The number of anilines is 2. The minimum Gasteiger partial charge on any atom is -0.378 e. The second kappa shape index (κ2) is 6.42. The van der Waals surface area contributed by atoms with Crippen molar-refractivity contribution >= 4 is 11.6 Å². The van der Waals surface area contributed by atoms with E-state index in [1.807, 2.05) is 18.2 Å². The zero-order valence-corrected chi connectivity index (χ0v) is 9.98. The van der Waals surface area contributed by atoms with Crippen LogP contribution in [0, 0.1) is 0 Å². The van der Waals surface area contributed by atoms with E-state index in [0.717, 1.165) is 25.4 Å². The lowest BCUT2D eigenvalue weighted by molar-refractivity contribution is 0.0134. The number of hydrazine groups is 1. The molecule has 1 saturated heterocycles. The minimum absolute atomic E-state index is 0.409. The molecule has 1 aromatic rings. The summed E-state index contributed by atoms with van der Waals surface area (Å²) in [6, 6.07) is 5.68. The normalized spacial score (nSPS) is 19.9. The Labute approximate surface area is 102 Å². The summed E-state index contributed by atoms with van der Waals surface area (Å²) in [7, 11) is 0. The first kappa shape index (κ1) is 12.1. The van der Waals surface area contributed by atoms with Crippen LogP contribution in [0.2, 0.25) is 0 Å². The number of nitrogens with two attached hydrogens (primary N) is 1. The van der Waals surface area contributed by atoms with E-state index in [1.54, 1.807) is 0 Å². The zero-order valence-electron chi connectivity index (χ0n) is 9.98. The molecule has 2 heterocycles. The summed E-state index contributed by atoms with van der Waals surface area (Å²) in [5, 5.41) is 3.28. The van der Waals surface area contributed by atoms with E-state index in [1.165, 1.54) is 19.3 Å². The summed E-state index contributed by atoms with van der Waals surface area (Å²) in [6.07, 6.45) is 5.11. The zero-order chi connectivity index (χ0) is 11.9. The Morgan fingerprint density at radius 1 is 1.35 bits per heavy atom. The SMILES string of the molecule is NNc1cccc(NCCC2CCCCO2)n1. The van der Waals surface area contributed by atoms with Crippen molar-refractivity contribution < 1.29 is 4.74 Å². The van der Waals surface area contributed by atoms with Gasteiger partial charge in [-0.3, -0.25) is 0 Å². The van der Waals surface area contributed by atoms with Gasteiger partial charge in [-0.2, -0.15) is 0 Å². The molecule has 1 aliphatic rings. The first-order chi connectivity index (χ1) is 8.38. The molecule has 17 heavy (non-hydrogen) atoms. The molecule has 1 aromatic heterocycles. The first-order valence-corrected chi connectivity index (χ1v) is 6.17. The van der Waals surface area contributed by atoms with Crippen LogP contribution < -0.4 is 16.6 Å². The predicted octanol–water partition coefficient (Wildman–Crippen LogP) is 1.74. The van der Waals surface area contributed by atoms with Gasteiger partial charge in [-0.1, -0.05) is 6.07 Å². The van der Waals surface area contributed by atoms with Crippen LogP contribution in [0.3, 0.4) is 0 Å². The average Bonchev–Trinajstić information content (AvgIpc) is 2.40. The second-order valence-electron chi connectivity index (χ2n) is 4.26. The summed E-state index contributed by atoms with van der Waals surface area (Å²) in [5.41, 5.74) is 2.53. The van der Waals surface area contributed by atoms with E-state index in [4.69, 9.17) is 10.6 Å². The van der Waals surface area contributed by atoms with Gasteiger partial charge in [0.1, 0.15) is 11.6 Å². The van der Waals surface area contributed by atoms with Crippen molar-refractivity contribution in [3.8, 4) is 0 Å². The summed E-state index contributed by atoms with van der Waals surface area (Å²) in [5.74, 6) is 6.82. The Morgan fingerprint density at radius 2 is 2.24 bits per heavy atom. The molecule has 1 aliphatic heterocycles. The largest absolute Gasteiger partial charge is 0.378 e. The van der Waals surface area contributed by atoms with Gasteiger partial charge in [0.05, 0.1) is 6.10 Å². The van der Waals surface area contributed by atoms with Crippen molar-refractivity contribution in [2.45, 2.75) is 31.8 Å². The smallest absolute Gasteiger partial charge is 0.142 e. The molecule has 0 spiro atoms. The van der Waals surface area contributed by atoms with Gasteiger partial charge in [-0.05, 0) is 37.8 Å². The summed E-state index contributed by atoms with van der Waals surface area (Å²) in [6.45, 7) is 1.79. The third-order valence-electron chi connectivity index (χ3n) is 2.94. The van der Waals surface area contributed by atoms with Crippen LogP contribution in [0.15, 0.2) is 18.2 Å². The summed E-state index contributed by atoms with van der Waals surface area (Å²) < 4.78 is 5.67. The minimum atomic E-state index is 0.409. The van der Waals surface area contributed by atoms with Gasteiger partial charge in [0, 0.05) is 13.2 Å². The fourth-order valence-electron chi connectivity index (χ4n) is 2.01. The maximum Gasteiger partial charge on any atom is 0.142 e. The van der Waals surface area contributed by atoms with E-state index in [2.05, 4.69) is 15.7 Å². The number of nitrogens with zero attached hydrogens (tertiary/aromatic N) is 1. The van der Waals surface area contributed by atoms with Crippen molar-refractivity contribution in [1.82, 2.24) is 4.98 Å². The first-order valence-electron chi connectivity index (χ1n) is 6.17. The van der Waals surface area contributed by atoms with Crippen molar-refractivity contribution in [3.05, 3.63) is 18.2 Å². The van der Waals surface area contributed by atoms with Crippen LogP contribution in [-0.4, -0.2) is 24.2 Å². The average molecular weight is 236 g/mol. The Morgan fingerprint density at radius 3 is 3.00 bits per heavy atom. The Kier molecular flexibility index (Phi) is 4.58. The Hall–Kier alpha value is -1.33. The van der Waals surface area contributed by atoms with Crippen LogP contribution in [0.25, 0.3) is 0 Å². The van der Waals surface area contributed by atoms with Gasteiger partial charge in [-0.15, -0.1) is 0 Å². The molecule has 1 atom stereocenters. The van der Waals surface area contributed by atoms with Crippen molar-refractivity contribution in [3.63, 3.8) is 0 Å². The van der Waals surface area contributed by atoms with Crippen LogP contribution in [0.5, 0.6) is 0 Å². The molecule has 2 rings (SSSR count). The lowest BCUT2D eigenvalue weighted by Crippen LogP contribution is -2.22. The fraction of sp³-hybridized carbons (Fsp3) is 0.583. The second-order valence-corrected chi connectivity index (χ2v) is 4.26. The molecule has 1 unspecified atom stereocenters. The molecule has 5 nitrogen and oxygen atoms in total. The van der Waals surface area contributed by atoms with Crippen LogP contribution in [0.1, 0.15) is 25.7 Å². The van der Waals surface area contributed by atoms with Gasteiger partial charge >= 0.3 is 0 Å². The number of hydrogen-bond acceptors (Lipinski definition) is 5. The topological polar surface area (TPSA) is 72.2 Å². The van der Waals surface area contributed by atoms with E-state index in [9.17, 15) is 0 Å². The highest BCUT2D eigenvalue weighted by molar-refractivity contribution is 5.44. The van der Waals surface area contributed by atoms with Gasteiger partial charge in [-0.25, -0.2) is 10.8 Å². The molecular formula is C12H20N4O. The maximum absolute atomic E-state index is 5.67. The van der Waals surface area contributed by atoms with E-state index < -0.39 is 0 Å². The Balaban J connectivity index is 1.73. The van der Waals surface area contributed by atoms with Gasteiger partial charge in [0.15, 0.2) is 0 Å². The van der Waals surface area contributed by atoms with Crippen LogP contribution in [-0.2, 0) is 4.74 Å². The van der Waals surface area contributed by atoms with Crippen LogP contribution in [0.4, 0.5) is 11.6 Å². The Bertz CT molecular complexity index is 339. The molecule has 0 saturated carbocycles. The number of aromatic nitrogens is 1. The van der Waals surface area contributed by atoms with Crippen molar-refractivity contribution in [2.75, 3.05) is 23.9 Å². The monoisotopic (exact) mass is 236 g/mol. The standard InChI is InChI=1S/C12H20N4O/c13-16-12-6-3-5-11(15-12)14-8-7-10-4-1-2-9-17-10/h3,5-6,10H,1-2,4,7-9,13H2,(H2,14,15,16). The highest BCUT2D eigenvalue weighted by atomic mass is 16.5. The lowest BCUT2D eigenvalue weighted by Gasteiger charge is -2.22. The lowest BCUT2D eigenvalue weighted by atomic mass is 10.1. The number of hydrogen-bond donors (Lipinski definition) is 3. The molecule has 4 N–H and O–H groups in total. The third-order valence-corrected chi connectivity index (χ3v) is 2.94. The number of nitrogen functional groups attached to an aromatic ring is 1. The van der Waals surface area contributed by atoms with E-state index in [0.29, 0.717) is 11.9 Å². The molecule has 0 amide bonds. The quantitative estimate of drug-likeness (QED) is 0.536. The summed E-state index contributed by atoms with van der Waals surface area (Å²) >= 11 is 0. The molecule has 0 aliphatic carbocycles. The number of pyridine rings is 1. The van der Waals surface area contributed by atoms with Crippen molar-refractivity contribution in [2.24, 2.45) is 5.84 Å². The molecule has 5 heteroatoms. The van der Waals surface area contributed by atoms with E-state index in [-0.39, 0.29) is 0 Å². The molecule has 0 radical (unpaired) electrons. The summed E-state index contributed by atoms with van der Waals surface area (Å²) in [4.78, 5) is 4.29. The predicted molar refractivity (Wildman–Crippen MR) is 68.7 cm³/mol. The number of ether oxygens (including phenoxy) is 1.